The molecular formula is C18H21N5O3. The molecule has 0 radical (unpaired) electrons. The summed E-state index contributed by atoms with van der Waals surface area (Å²) in [6.07, 6.45) is 6.02. The molecule has 0 saturated carbocycles. The molecule has 3 heterocycles. The first kappa shape index (κ1) is 17.9. The third-order valence-electron chi connectivity index (χ3n) is 4.08. The molecule has 1 aliphatic heterocycles. The van der Waals surface area contributed by atoms with Gasteiger partial charge in [-0.15, -0.1) is 5.10 Å². The summed E-state index contributed by atoms with van der Waals surface area (Å²) in [4.78, 5) is 14.8. The van der Waals surface area contributed by atoms with Gasteiger partial charge >= 0.3 is 6.09 Å². The lowest BCUT2D eigenvalue weighted by molar-refractivity contribution is 0.00370. The van der Waals surface area contributed by atoms with Crippen molar-refractivity contribution in [3.8, 4) is 23.2 Å². The van der Waals surface area contributed by atoms with Gasteiger partial charge in [0.1, 0.15) is 5.69 Å². The number of carboxylic acid groups (broad SMARTS) is 1. The fraction of sp³-hybridized carbons (Fsp3) is 0.444. The number of ether oxygens (including phenoxy) is 1. The van der Waals surface area contributed by atoms with Crippen molar-refractivity contribution in [2.24, 2.45) is 0 Å². The van der Waals surface area contributed by atoms with Crippen molar-refractivity contribution in [3.63, 3.8) is 0 Å². The summed E-state index contributed by atoms with van der Waals surface area (Å²) in [5.74, 6) is 5.62. The molecule has 1 aliphatic rings. The van der Waals surface area contributed by atoms with Crippen LogP contribution in [0.15, 0.2) is 18.5 Å². The minimum Gasteiger partial charge on any atom is -0.465 e. The van der Waals surface area contributed by atoms with Crippen LogP contribution in [0.25, 0.3) is 11.4 Å². The summed E-state index contributed by atoms with van der Waals surface area (Å²) in [5.41, 5.74) is 3.13. The van der Waals surface area contributed by atoms with E-state index in [0.29, 0.717) is 12.2 Å². The fourth-order valence-electron chi connectivity index (χ4n) is 2.83. The quantitative estimate of drug-likeness (QED) is 0.812. The highest BCUT2D eigenvalue weighted by Gasteiger charge is 2.16. The molecule has 1 atom stereocenters. The number of rotatable bonds is 4. The molecule has 2 N–H and O–H groups in total. The number of amides is 1. The Morgan fingerprint density at radius 2 is 2.38 bits per heavy atom. The summed E-state index contributed by atoms with van der Waals surface area (Å²) < 4.78 is 7.54. The van der Waals surface area contributed by atoms with Gasteiger partial charge in [-0.25, -0.2) is 9.48 Å². The maximum Gasteiger partial charge on any atom is 0.405 e. The zero-order valence-corrected chi connectivity index (χ0v) is 14.6. The van der Waals surface area contributed by atoms with Crippen molar-refractivity contribution in [3.05, 3.63) is 29.6 Å². The van der Waals surface area contributed by atoms with E-state index in [1.54, 1.807) is 10.9 Å². The second-order valence-corrected chi connectivity index (χ2v) is 6.16. The van der Waals surface area contributed by atoms with Gasteiger partial charge in [-0.2, -0.15) is 0 Å². The molecule has 0 aromatic carbocycles. The van der Waals surface area contributed by atoms with Gasteiger partial charge in [0.15, 0.2) is 0 Å². The molecule has 1 saturated heterocycles. The molecule has 8 nitrogen and oxygen atoms in total. The summed E-state index contributed by atoms with van der Waals surface area (Å²) in [7, 11) is 0. The Balaban J connectivity index is 1.66. The normalized spacial score (nSPS) is 16.6. The minimum absolute atomic E-state index is 0.0771. The minimum atomic E-state index is -1.09. The standard InChI is InChI=1S/C18H21N5O3/c1-13-9-14(5-4-7-19-18(24)25)10-20-17(13)16-12-23(22-21-16)11-15-6-2-3-8-26-15/h9-10,12,15,19H,2-3,6-8,11H2,1H3,(H,24,25). The number of hydrogen-bond donors (Lipinski definition) is 2. The molecule has 1 amide bonds. The van der Waals surface area contributed by atoms with Crippen LogP contribution in [0.4, 0.5) is 4.79 Å². The van der Waals surface area contributed by atoms with E-state index in [1.807, 2.05) is 19.2 Å². The molecular weight excluding hydrogens is 334 g/mol. The molecule has 1 fully saturated rings. The lowest BCUT2D eigenvalue weighted by atomic mass is 10.1. The lowest BCUT2D eigenvalue weighted by Gasteiger charge is -2.21. The van der Waals surface area contributed by atoms with Crippen molar-refractivity contribution < 1.29 is 14.6 Å². The van der Waals surface area contributed by atoms with Crippen molar-refractivity contribution in [2.45, 2.75) is 38.8 Å². The summed E-state index contributed by atoms with van der Waals surface area (Å²) in [6.45, 7) is 3.53. The average molecular weight is 355 g/mol. The van der Waals surface area contributed by atoms with Crippen LogP contribution in [-0.4, -0.2) is 50.4 Å². The largest absolute Gasteiger partial charge is 0.465 e. The Labute approximate surface area is 151 Å². The maximum atomic E-state index is 10.4. The Hall–Kier alpha value is -2.92. The van der Waals surface area contributed by atoms with E-state index < -0.39 is 6.09 Å². The molecule has 0 aliphatic carbocycles. The van der Waals surface area contributed by atoms with Gasteiger partial charge in [0.2, 0.25) is 0 Å². The van der Waals surface area contributed by atoms with Gasteiger partial charge in [-0.3, -0.25) is 4.98 Å². The third-order valence-corrected chi connectivity index (χ3v) is 4.08. The highest BCUT2D eigenvalue weighted by Crippen LogP contribution is 2.20. The number of nitrogens with one attached hydrogen (secondary N) is 1. The summed E-state index contributed by atoms with van der Waals surface area (Å²) in [6, 6.07) is 1.90. The van der Waals surface area contributed by atoms with Crippen molar-refractivity contribution in [1.29, 1.82) is 0 Å². The Kier molecular flexibility index (Phi) is 5.81. The van der Waals surface area contributed by atoms with Crippen molar-refractivity contribution in [2.75, 3.05) is 13.2 Å². The first-order valence-electron chi connectivity index (χ1n) is 8.56. The predicted octanol–water partition coefficient (Wildman–Crippen LogP) is 1.84. The Morgan fingerprint density at radius 3 is 3.12 bits per heavy atom. The summed E-state index contributed by atoms with van der Waals surface area (Å²) in [5, 5.41) is 19.1. The van der Waals surface area contributed by atoms with Gasteiger partial charge in [0.05, 0.1) is 31.1 Å². The molecule has 26 heavy (non-hydrogen) atoms. The van der Waals surface area contributed by atoms with Crippen LogP contribution in [0.5, 0.6) is 0 Å². The molecule has 1 unspecified atom stereocenters. The van der Waals surface area contributed by atoms with Gasteiger partial charge in [-0.1, -0.05) is 17.1 Å². The first-order chi connectivity index (χ1) is 12.6. The van der Waals surface area contributed by atoms with Crippen molar-refractivity contribution in [1.82, 2.24) is 25.3 Å². The molecule has 2 aromatic rings. The number of pyridine rings is 1. The second kappa shape index (κ2) is 8.45. The molecule has 136 valence electrons. The summed E-state index contributed by atoms with van der Waals surface area (Å²) >= 11 is 0. The monoisotopic (exact) mass is 355 g/mol. The molecule has 2 aromatic heterocycles. The predicted molar refractivity (Wildman–Crippen MR) is 94.5 cm³/mol. The van der Waals surface area contributed by atoms with Crippen LogP contribution in [0.3, 0.4) is 0 Å². The van der Waals surface area contributed by atoms with Gasteiger partial charge in [0, 0.05) is 18.4 Å². The van der Waals surface area contributed by atoms with Crippen LogP contribution in [0, 0.1) is 18.8 Å². The van der Waals surface area contributed by atoms with Gasteiger partial charge in [0.25, 0.3) is 0 Å². The zero-order chi connectivity index (χ0) is 18.4. The zero-order valence-electron chi connectivity index (χ0n) is 14.6. The first-order valence-corrected chi connectivity index (χ1v) is 8.56. The van der Waals surface area contributed by atoms with E-state index in [4.69, 9.17) is 9.84 Å². The van der Waals surface area contributed by atoms with E-state index in [9.17, 15) is 4.79 Å². The van der Waals surface area contributed by atoms with Crippen LogP contribution >= 0.6 is 0 Å². The number of aromatic nitrogens is 4. The van der Waals surface area contributed by atoms with Crippen LogP contribution in [0.2, 0.25) is 0 Å². The van der Waals surface area contributed by atoms with Crippen LogP contribution in [-0.2, 0) is 11.3 Å². The van der Waals surface area contributed by atoms with Crippen LogP contribution in [0.1, 0.15) is 30.4 Å². The number of aryl methyl sites for hydroxylation is 1. The van der Waals surface area contributed by atoms with Gasteiger partial charge < -0.3 is 15.2 Å². The molecule has 3 rings (SSSR count). The number of hydrogen-bond acceptors (Lipinski definition) is 5. The topological polar surface area (TPSA) is 102 Å². The van der Waals surface area contributed by atoms with E-state index in [0.717, 1.165) is 36.3 Å². The Bertz CT molecular complexity index is 831. The smallest absolute Gasteiger partial charge is 0.405 e. The molecule has 0 bridgehead atoms. The highest BCUT2D eigenvalue weighted by molar-refractivity contribution is 5.64. The van der Waals surface area contributed by atoms with E-state index >= 15 is 0 Å². The SMILES string of the molecule is Cc1cc(C#CCNC(=O)O)cnc1-c1cn(CC2CCCCO2)nn1. The Morgan fingerprint density at radius 1 is 1.50 bits per heavy atom. The van der Waals surface area contributed by atoms with Gasteiger partial charge in [-0.05, 0) is 37.8 Å². The second-order valence-electron chi connectivity index (χ2n) is 6.16. The van der Waals surface area contributed by atoms with E-state index in [1.165, 1.54) is 6.42 Å². The third kappa shape index (κ3) is 4.80. The highest BCUT2D eigenvalue weighted by atomic mass is 16.5. The van der Waals surface area contributed by atoms with Crippen molar-refractivity contribution >= 4 is 6.09 Å². The molecule has 8 heteroatoms. The van der Waals surface area contributed by atoms with E-state index in [2.05, 4.69) is 32.5 Å². The van der Waals surface area contributed by atoms with E-state index in [-0.39, 0.29) is 12.6 Å². The van der Waals surface area contributed by atoms with Crippen LogP contribution < -0.4 is 5.32 Å². The number of nitrogens with zero attached hydrogens (tertiary/aromatic N) is 4. The lowest BCUT2D eigenvalue weighted by Crippen LogP contribution is -2.24. The fourth-order valence-corrected chi connectivity index (χ4v) is 2.83. The average Bonchev–Trinajstić information content (AvgIpc) is 3.08. The molecule has 0 spiro atoms. The maximum absolute atomic E-state index is 10.4. The number of carbonyl (C=O) groups is 1.